The number of rotatable bonds is 9. The fraction of sp³-hybridized carbons (Fsp3) is 0.556. The second-order valence-corrected chi connectivity index (χ2v) is 12.1. The van der Waals surface area contributed by atoms with E-state index in [1.54, 1.807) is 0 Å². The third kappa shape index (κ3) is 9.55. The first-order valence-electron chi connectivity index (χ1n) is 15.4. The Morgan fingerprint density at radius 1 is 1.17 bits per heavy atom. The monoisotopic (exact) mass is 565 g/mol. The summed E-state index contributed by atoms with van der Waals surface area (Å²) < 4.78 is 13.2. The molecule has 1 aromatic rings. The Bertz CT molecular complexity index is 1160. The van der Waals surface area contributed by atoms with Crippen molar-refractivity contribution in [1.82, 2.24) is 5.32 Å². The number of anilines is 1. The summed E-state index contributed by atoms with van der Waals surface area (Å²) in [5.74, 6) is 1.44. The van der Waals surface area contributed by atoms with Crippen LogP contribution in [0.2, 0.25) is 0 Å². The number of carbonyl (C=O) groups excluding carboxylic acids is 1. The predicted molar refractivity (Wildman–Crippen MR) is 178 cm³/mol. The van der Waals surface area contributed by atoms with Crippen LogP contribution in [0.4, 0.5) is 10.1 Å². The molecule has 0 atom stereocenters. The molecule has 1 amide bonds. The van der Waals surface area contributed by atoms with Gasteiger partial charge in [0.15, 0.2) is 0 Å². The van der Waals surface area contributed by atoms with Gasteiger partial charge in [-0.15, -0.1) is 0 Å². The van der Waals surface area contributed by atoms with Crippen molar-refractivity contribution < 1.29 is 9.18 Å². The molecule has 41 heavy (non-hydrogen) atoms. The number of halogens is 1. The van der Waals surface area contributed by atoms with Crippen LogP contribution in [0.5, 0.6) is 0 Å². The van der Waals surface area contributed by atoms with Crippen molar-refractivity contribution in [3.63, 3.8) is 0 Å². The minimum absolute atomic E-state index is 0.190. The van der Waals surface area contributed by atoms with Crippen LogP contribution in [-0.2, 0) is 10.2 Å². The predicted octanol–water partition coefficient (Wildman–Crippen LogP) is 10.3. The van der Waals surface area contributed by atoms with Crippen LogP contribution < -0.4 is 10.2 Å². The Morgan fingerprint density at radius 2 is 1.76 bits per heavy atom. The van der Waals surface area contributed by atoms with Crippen LogP contribution in [0, 0.1) is 11.8 Å². The lowest BCUT2D eigenvalue weighted by Gasteiger charge is -2.41. The van der Waals surface area contributed by atoms with E-state index >= 15 is 0 Å². The van der Waals surface area contributed by atoms with Gasteiger partial charge in [-0.3, -0.25) is 9.79 Å². The number of hydrogen-bond acceptors (Lipinski definition) is 3. The maximum absolute atomic E-state index is 13.4. The molecule has 0 unspecified atom stereocenters. The first kappa shape index (κ1) is 36.1. The van der Waals surface area contributed by atoms with Gasteiger partial charge in [0.05, 0.1) is 11.1 Å². The highest BCUT2D eigenvalue weighted by Gasteiger charge is 2.48. The van der Waals surface area contributed by atoms with E-state index in [0.29, 0.717) is 5.92 Å². The van der Waals surface area contributed by atoms with Gasteiger partial charge in [0.2, 0.25) is 5.91 Å². The summed E-state index contributed by atoms with van der Waals surface area (Å²) in [7, 11) is 0. The maximum Gasteiger partial charge on any atom is 0.237 e. The van der Waals surface area contributed by atoms with Gasteiger partial charge >= 0.3 is 0 Å². The molecule has 0 aromatic heterocycles. The summed E-state index contributed by atoms with van der Waals surface area (Å²) in [5.41, 5.74) is 5.85. The van der Waals surface area contributed by atoms with E-state index in [2.05, 4.69) is 56.7 Å². The molecule has 1 aliphatic carbocycles. The lowest BCUT2D eigenvalue weighted by molar-refractivity contribution is -0.123. The first-order valence-corrected chi connectivity index (χ1v) is 15.4. The Labute approximate surface area is 250 Å². The highest BCUT2D eigenvalue weighted by molar-refractivity contribution is 6.08. The molecular formula is C36H56FN3O. The quantitative estimate of drug-likeness (QED) is 0.239. The number of nitrogens with zero attached hydrogens (tertiary/aromatic N) is 2. The van der Waals surface area contributed by atoms with E-state index in [9.17, 15) is 9.18 Å². The molecule has 2 aliphatic rings. The van der Waals surface area contributed by atoms with E-state index in [0.717, 1.165) is 64.5 Å². The molecule has 1 aromatic carbocycles. The maximum atomic E-state index is 13.4. The van der Waals surface area contributed by atoms with Gasteiger partial charge in [0.25, 0.3) is 0 Å². The summed E-state index contributed by atoms with van der Waals surface area (Å²) in [5, 5.41) is 2.99. The largest absolute Gasteiger partial charge is 0.363 e. The summed E-state index contributed by atoms with van der Waals surface area (Å²) in [6.45, 7) is 28.4. The normalized spacial score (nSPS) is 20.4. The fourth-order valence-corrected chi connectivity index (χ4v) is 4.78. The molecule has 4 nitrogen and oxygen atoms in total. The Hall–Kier alpha value is -2.95. The zero-order valence-electron chi connectivity index (χ0n) is 27.9. The minimum Gasteiger partial charge on any atom is -0.363 e. The van der Waals surface area contributed by atoms with Crippen molar-refractivity contribution in [3.8, 4) is 0 Å². The topological polar surface area (TPSA) is 44.7 Å². The van der Waals surface area contributed by atoms with Crippen molar-refractivity contribution in [2.45, 2.75) is 120 Å². The van der Waals surface area contributed by atoms with Crippen molar-refractivity contribution in [2.75, 3.05) is 4.90 Å². The van der Waals surface area contributed by atoms with Gasteiger partial charge in [-0.1, -0.05) is 73.6 Å². The first-order chi connectivity index (χ1) is 19.2. The fourth-order valence-electron chi connectivity index (χ4n) is 4.78. The molecule has 1 aliphatic heterocycles. The molecule has 228 valence electrons. The second kappa shape index (κ2) is 16.5. The van der Waals surface area contributed by atoms with E-state index in [-0.39, 0.29) is 17.8 Å². The lowest BCUT2D eigenvalue weighted by Crippen LogP contribution is -2.49. The number of aliphatic imine (C=N–C) groups is 1. The van der Waals surface area contributed by atoms with E-state index in [4.69, 9.17) is 0 Å². The zero-order valence-corrected chi connectivity index (χ0v) is 27.9. The Kier molecular flexibility index (Phi) is 14.5. The number of benzene rings is 1. The average Bonchev–Trinajstić information content (AvgIpc) is 3.09. The standard InChI is InChI=1S/C30H40FN3O.C4H10.C2H6/c1-9-13-32-27(21(5)22(6)33-18-20(4)31)14-19(3)24-11-12-26-28(17-24)34(29(35)30(26,7)8)25-15-23(10-2)16-25;1-4(2)3;1-2/h11-14,17-18,23,25,33H,3,9-10,15-16H2,1-2,4-8H3;4H,1-3H3;1-2H3/b20-18-,22-21+,27-14+,32-13?;;. The number of amides is 1. The lowest BCUT2D eigenvalue weighted by atomic mass is 9.77. The number of fused-ring (bicyclic) bond motifs is 1. The van der Waals surface area contributed by atoms with Gasteiger partial charge in [0.1, 0.15) is 5.83 Å². The number of allylic oxidation sites excluding steroid dienone is 5. The molecule has 0 saturated heterocycles. The minimum atomic E-state index is -0.525. The second-order valence-electron chi connectivity index (χ2n) is 12.1. The SMILES string of the molecule is C=C(/C=C(N=CCC)\C(C)=C(/C)N/C=C(/C)F)c1ccc2c(c1)N(C1CC(CC)C1)C(=O)C2(C)C.CC.CC(C)C. The molecule has 0 radical (unpaired) electrons. The summed E-state index contributed by atoms with van der Waals surface area (Å²) in [4.78, 5) is 20.1. The third-order valence-corrected chi connectivity index (χ3v) is 7.37. The average molecular weight is 566 g/mol. The van der Waals surface area contributed by atoms with Crippen LogP contribution in [0.3, 0.4) is 0 Å². The molecular weight excluding hydrogens is 509 g/mol. The molecule has 5 heteroatoms. The Balaban J connectivity index is 0.00000129. The third-order valence-electron chi connectivity index (χ3n) is 7.37. The molecule has 0 bridgehead atoms. The van der Waals surface area contributed by atoms with Crippen molar-refractivity contribution >= 4 is 23.4 Å². The number of hydrogen-bond donors (Lipinski definition) is 1. The van der Waals surface area contributed by atoms with Gasteiger partial charge in [-0.05, 0) is 100 Å². The summed E-state index contributed by atoms with van der Waals surface area (Å²) in [6.07, 6.45) is 9.27. The highest BCUT2D eigenvalue weighted by atomic mass is 19.1. The van der Waals surface area contributed by atoms with E-state index in [1.165, 1.54) is 19.5 Å². The van der Waals surface area contributed by atoms with E-state index in [1.807, 2.05) is 71.7 Å². The molecule has 1 heterocycles. The number of nitrogens with one attached hydrogen (secondary N) is 1. The Morgan fingerprint density at radius 3 is 2.27 bits per heavy atom. The van der Waals surface area contributed by atoms with Crippen LogP contribution in [0.25, 0.3) is 5.57 Å². The van der Waals surface area contributed by atoms with Crippen molar-refractivity contribution in [1.29, 1.82) is 0 Å². The molecule has 1 fully saturated rings. The summed E-state index contributed by atoms with van der Waals surface area (Å²) >= 11 is 0. The summed E-state index contributed by atoms with van der Waals surface area (Å²) in [6, 6.07) is 6.52. The smallest absolute Gasteiger partial charge is 0.237 e. The molecule has 1 N–H and O–H groups in total. The van der Waals surface area contributed by atoms with Gasteiger partial charge in [-0.2, -0.15) is 0 Å². The molecule has 1 saturated carbocycles. The molecule has 3 rings (SSSR count). The van der Waals surface area contributed by atoms with Crippen LogP contribution in [0.1, 0.15) is 120 Å². The number of carbonyl (C=O) groups is 1. The highest BCUT2D eigenvalue weighted by Crippen LogP contribution is 2.48. The van der Waals surface area contributed by atoms with Gasteiger partial charge in [-0.25, -0.2) is 4.39 Å². The van der Waals surface area contributed by atoms with Gasteiger partial charge in [0, 0.05) is 29.8 Å². The van der Waals surface area contributed by atoms with Crippen molar-refractivity contribution in [3.05, 3.63) is 71.0 Å². The van der Waals surface area contributed by atoms with Crippen LogP contribution >= 0.6 is 0 Å². The van der Waals surface area contributed by atoms with Crippen LogP contribution in [-0.4, -0.2) is 18.2 Å². The van der Waals surface area contributed by atoms with E-state index < -0.39 is 5.41 Å². The van der Waals surface area contributed by atoms with Crippen LogP contribution in [0.15, 0.2) is 64.8 Å². The molecule has 0 spiro atoms. The van der Waals surface area contributed by atoms with Gasteiger partial charge < -0.3 is 10.2 Å². The van der Waals surface area contributed by atoms with Crippen molar-refractivity contribution in [2.24, 2.45) is 16.8 Å². The zero-order chi connectivity index (χ0) is 31.5.